The van der Waals surface area contributed by atoms with Gasteiger partial charge in [-0.25, -0.2) is 0 Å². The molecule has 0 heterocycles. The molecular weight excluding hydrogens is 180 g/mol. The molecule has 0 aliphatic heterocycles. The number of hydrogen-bond donors (Lipinski definition) is 2. The molecule has 0 saturated heterocycles. The molecule has 0 bridgehead atoms. The Hall–Kier alpha value is -0.630. The molecule has 0 aliphatic carbocycles. The molecule has 0 amide bonds. The highest BCUT2D eigenvalue weighted by Crippen LogP contribution is 2.35. The van der Waals surface area contributed by atoms with Gasteiger partial charge in [0.15, 0.2) is 0 Å². The Kier molecular flexibility index (Phi) is 2.62. The number of aryl methyl sites for hydroxylation is 1. The molecule has 1 N–H and O–H groups in total. The topological polar surface area (TPSA) is 20.2 Å². The first kappa shape index (κ1) is 10.5. The molecular formula is C11H16OS. The van der Waals surface area contributed by atoms with E-state index in [-0.39, 0.29) is 5.41 Å². The minimum absolute atomic E-state index is 0.0300. The summed E-state index contributed by atoms with van der Waals surface area (Å²) in [6.45, 7) is 8.20. The van der Waals surface area contributed by atoms with Gasteiger partial charge in [-0.1, -0.05) is 32.9 Å². The lowest BCUT2D eigenvalue weighted by Crippen LogP contribution is -2.12. The fraction of sp³-hybridized carbons (Fsp3) is 0.455. The Morgan fingerprint density at radius 2 is 1.77 bits per heavy atom. The van der Waals surface area contributed by atoms with Crippen LogP contribution >= 0.6 is 12.6 Å². The summed E-state index contributed by atoms with van der Waals surface area (Å²) in [6.07, 6.45) is 0. The van der Waals surface area contributed by atoms with Crippen LogP contribution in [0.1, 0.15) is 31.9 Å². The molecule has 0 fully saturated rings. The first-order valence-electron chi connectivity index (χ1n) is 4.36. The fourth-order valence-corrected chi connectivity index (χ4v) is 1.87. The summed E-state index contributed by atoms with van der Waals surface area (Å²) in [7, 11) is 0. The van der Waals surface area contributed by atoms with Crippen LogP contribution in [0.5, 0.6) is 5.75 Å². The minimum atomic E-state index is 0.0300. The van der Waals surface area contributed by atoms with E-state index in [1.54, 1.807) is 0 Å². The van der Waals surface area contributed by atoms with Crippen LogP contribution in [0.2, 0.25) is 0 Å². The third-order valence-corrected chi connectivity index (χ3v) is 2.61. The van der Waals surface area contributed by atoms with Gasteiger partial charge in [0.05, 0.1) is 4.90 Å². The van der Waals surface area contributed by atoms with E-state index in [2.05, 4.69) is 33.4 Å². The van der Waals surface area contributed by atoms with Crippen LogP contribution in [-0.2, 0) is 5.41 Å². The number of thiol groups is 1. The van der Waals surface area contributed by atoms with E-state index in [0.29, 0.717) is 10.6 Å². The van der Waals surface area contributed by atoms with Crippen LogP contribution in [0.4, 0.5) is 0 Å². The Labute approximate surface area is 85.2 Å². The van der Waals surface area contributed by atoms with E-state index in [0.717, 1.165) is 11.1 Å². The van der Waals surface area contributed by atoms with E-state index in [4.69, 9.17) is 0 Å². The molecule has 72 valence electrons. The quantitative estimate of drug-likeness (QED) is 0.610. The van der Waals surface area contributed by atoms with Crippen LogP contribution in [0.25, 0.3) is 0 Å². The number of phenols is 1. The first-order valence-corrected chi connectivity index (χ1v) is 4.81. The van der Waals surface area contributed by atoms with Gasteiger partial charge in [-0.3, -0.25) is 0 Å². The van der Waals surface area contributed by atoms with E-state index < -0.39 is 0 Å². The highest BCUT2D eigenvalue weighted by atomic mass is 32.1. The molecule has 0 saturated carbocycles. The summed E-state index contributed by atoms with van der Waals surface area (Å²) in [5, 5.41) is 9.67. The summed E-state index contributed by atoms with van der Waals surface area (Å²) in [6, 6.07) is 3.95. The van der Waals surface area contributed by atoms with Gasteiger partial charge in [-0.15, -0.1) is 12.6 Å². The van der Waals surface area contributed by atoms with E-state index in [1.165, 1.54) is 0 Å². The monoisotopic (exact) mass is 196 g/mol. The van der Waals surface area contributed by atoms with Gasteiger partial charge in [0.25, 0.3) is 0 Å². The van der Waals surface area contributed by atoms with E-state index in [9.17, 15) is 5.11 Å². The third kappa shape index (κ3) is 1.99. The zero-order valence-electron chi connectivity index (χ0n) is 8.55. The predicted octanol–water partition coefficient (Wildman–Crippen LogP) is 3.29. The largest absolute Gasteiger partial charge is 0.507 e. The van der Waals surface area contributed by atoms with Crippen molar-refractivity contribution in [3.63, 3.8) is 0 Å². The number of benzene rings is 1. The number of hydrogen-bond acceptors (Lipinski definition) is 2. The molecule has 0 unspecified atom stereocenters. The molecule has 1 rings (SSSR count). The number of rotatable bonds is 0. The summed E-state index contributed by atoms with van der Waals surface area (Å²) >= 11 is 4.32. The molecule has 1 aromatic rings. The molecule has 0 radical (unpaired) electrons. The highest BCUT2D eigenvalue weighted by molar-refractivity contribution is 7.80. The van der Waals surface area contributed by atoms with Crippen LogP contribution in [0, 0.1) is 6.92 Å². The number of phenolic OH excluding ortho intramolecular Hbond substituents is 1. The van der Waals surface area contributed by atoms with Crippen molar-refractivity contribution in [2.24, 2.45) is 0 Å². The molecule has 0 aliphatic rings. The SMILES string of the molecule is Cc1ccc(C(C)(C)C)c(S)c1O. The van der Waals surface area contributed by atoms with Crippen molar-refractivity contribution >= 4 is 12.6 Å². The average molecular weight is 196 g/mol. The number of aromatic hydroxyl groups is 1. The van der Waals surface area contributed by atoms with Crippen molar-refractivity contribution in [3.8, 4) is 5.75 Å². The fourth-order valence-electron chi connectivity index (χ4n) is 1.29. The maximum absolute atomic E-state index is 9.67. The zero-order chi connectivity index (χ0) is 10.2. The van der Waals surface area contributed by atoms with E-state index >= 15 is 0 Å². The van der Waals surface area contributed by atoms with Gasteiger partial charge >= 0.3 is 0 Å². The molecule has 1 aromatic carbocycles. The molecule has 0 atom stereocenters. The van der Waals surface area contributed by atoms with Crippen LogP contribution in [0.3, 0.4) is 0 Å². The maximum Gasteiger partial charge on any atom is 0.132 e. The Bertz CT molecular complexity index is 324. The van der Waals surface area contributed by atoms with Crippen molar-refractivity contribution in [1.29, 1.82) is 0 Å². The van der Waals surface area contributed by atoms with Crippen molar-refractivity contribution in [1.82, 2.24) is 0 Å². The van der Waals surface area contributed by atoms with Crippen LogP contribution in [-0.4, -0.2) is 5.11 Å². The third-order valence-electron chi connectivity index (χ3n) is 2.16. The maximum atomic E-state index is 9.67. The Morgan fingerprint density at radius 1 is 1.23 bits per heavy atom. The standard InChI is InChI=1S/C11H16OS/c1-7-5-6-8(11(2,3)4)10(13)9(7)12/h5-6,12-13H,1-4H3. The minimum Gasteiger partial charge on any atom is -0.507 e. The van der Waals surface area contributed by atoms with Crippen molar-refractivity contribution < 1.29 is 5.11 Å². The second-order valence-electron chi connectivity index (χ2n) is 4.38. The summed E-state index contributed by atoms with van der Waals surface area (Å²) in [5.74, 6) is 0.302. The molecule has 0 spiro atoms. The van der Waals surface area contributed by atoms with Crippen LogP contribution in [0.15, 0.2) is 17.0 Å². The van der Waals surface area contributed by atoms with Gasteiger partial charge in [0, 0.05) is 0 Å². The predicted molar refractivity (Wildman–Crippen MR) is 58.8 cm³/mol. The van der Waals surface area contributed by atoms with Gasteiger partial charge in [0.1, 0.15) is 5.75 Å². The van der Waals surface area contributed by atoms with E-state index in [1.807, 2.05) is 19.1 Å². The van der Waals surface area contributed by atoms with Crippen molar-refractivity contribution in [2.75, 3.05) is 0 Å². The lowest BCUT2D eigenvalue weighted by molar-refractivity contribution is 0.450. The van der Waals surface area contributed by atoms with Gasteiger partial charge < -0.3 is 5.11 Å². The second kappa shape index (κ2) is 3.26. The molecule has 13 heavy (non-hydrogen) atoms. The molecule has 0 aromatic heterocycles. The second-order valence-corrected chi connectivity index (χ2v) is 4.82. The lowest BCUT2D eigenvalue weighted by Gasteiger charge is -2.22. The van der Waals surface area contributed by atoms with Crippen molar-refractivity contribution in [3.05, 3.63) is 23.3 Å². The summed E-state index contributed by atoms with van der Waals surface area (Å²) < 4.78 is 0. The average Bonchev–Trinajstić information content (AvgIpc) is 1.98. The molecule has 1 nitrogen and oxygen atoms in total. The molecule has 2 heteroatoms. The summed E-state index contributed by atoms with van der Waals surface area (Å²) in [4.78, 5) is 0.701. The first-order chi connectivity index (χ1) is 5.84. The van der Waals surface area contributed by atoms with Gasteiger partial charge in [-0.2, -0.15) is 0 Å². The van der Waals surface area contributed by atoms with Crippen LogP contribution < -0.4 is 0 Å². The van der Waals surface area contributed by atoms with Crippen molar-refractivity contribution in [2.45, 2.75) is 38.0 Å². The van der Waals surface area contributed by atoms with Gasteiger partial charge in [0.2, 0.25) is 0 Å². The zero-order valence-corrected chi connectivity index (χ0v) is 9.44. The summed E-state index contributed by atoms with van der Waals surface area (Å²) in [5.41, 5.74) is 1.99. The lowest BCUT2D eigenvalue weighted by atomic mass is 9.86. The Balaban J connectivity index is 3.35. The highest BCUT2D eigenvalue weighted by Gasteiger charge is 2.18. The van der Waals surface area contributed by atoms with Gasteiger partial charge in [-0.05, 0) is 23.5 Å². The smallest absolute Gasteiger partial charge is 0.132 e. The normalized spacial score (nSPS) is 11.8. The Morgan fingerprint density at radius 3 is 2.23 bits per heavy atom.